The van der Waals surface area contributed by atoms with E-state index in [0.717, 1.165) is 3.97 Å². The SMILES string of the molecule is CCOC(=O)/C(=C(/C(=O)OCC)c1cn(S(=O)(=O)c2ccccc2)c2ccccc12)c1cn(C(=O)OCC)c2ccccc12. The van der Waals surface area contributed by atoms with Crippen LogP contribution in [0.2, 0.25) is 0 Å². The van der Waals surface area contributed by atoms with Crippen LogP contribution in [0.5, 0.6) is 0 Å². The number of rotatable bonds is 9. The molecule has 0 saturated carbocycles. The van der Waals surface area contributed by atoms with E-state index in [9.17, 15) is 22.8 Å². The minimum atomic E-state index is -4.12. The maximum atomic E-state index is 13.9. The summed E-state index contributed by atoms with van der Waals surface area (Å²) in [7, 11) is -4.12. The van der Waals surface area contributed by atoms with E-state index in [4.69, 9.17) is 14.2 Å². The molecule has 0 atom stereocenters. The normalized spacial score (nSPS) is 12.2. The van der Waals surface area contributed by atoms with Crippen LogP contribution >= 0.6 is 0 Å². The molecule has 44 heavy (non-hydrogen) atoms. The third kappa shape index (κ3) is 5.37. The zero-order chi connectivity index (χ0) is 31.4. The molecule has 5 aromatic rings. The first-order valence-electron chi connectivity index (χ1n) is 14.0. The Bertz CT molecular complexity index is 2020. The highest BCUT2D eigenvalue weighted by Gasteiger charge is 2.33. The lowest BCUT2D eigenvalue weighted by Gasteiger charge is -2.14. The molecule has 226 valence electrons. The lowest BCUT2D eigenvalue weighted by atomic mass is 9.94. The summed E-state index contributed by atoms with van der Waals surface area (Å²) < 4.78 is 46.2. The van der Waals surface area contributed by atoms with Crippen molar-refractivity contribution in [1.29, 1.82) is 0 Å². The minimum absolute atomic E-state index is 0.0148. The van der Waals surface area contributed by atoms with Gasteiger partial charge in [-0.1, -0.05) is 54.6 Å². The van der Waals surface area contributed by atoms with Gasteiger partial charge in [0.05, 0.1) is 46.9 Å². The summed E-state index contributed by atoms with van der Waals surface area (Å²) in [6, 6.07) is 21.4. The zero-order valence-corrected chi connectivity index (χ0v) is 25.2. The van der Waals surface area contributed by atoms with E-state index in [0.29, 0.717) is 16.3 Å². The summed E-state index contributed by atoms with van der Waals surface area (Å²) in [4.78, 5) is 40.7. The van der Waals surface area contributed by atoms with Gasteiger partial charge in [0.1, 0.15) is 0 Å². The first kappa shape index (κ1) is 30.3. The van der Waals surface area contributed by atoms with Crippen molar-refractivity contribution in [2.24, 2.45) is 0 Å². The molecular weight excluding hydrogens is 584 g/mol. The molecule has 0 N–H and O–H groups in total. The fourth-order valence-corrected chi connectivity index (χ4v) is 6.47. The molecular formula is C33H30N2O8S. The summed E-state index contributed by atoms with van der Waals surface area (Å²) in [5, 5.41) is 0.844. The van der Waals surface area contributed by atoms with Crippen molar-refractivity contribution in [3.63, 3.8) is 0 Å². The van der Waals surface area contributed by atoms with Crippen molar-refractivity contribution in [3.8, 4) is 0 Å². The van der Waals surface area contributed by atoms with Crippen molar-refractivity contribution in [2.75, 3.05) is 19.8 Å². The number of esters is 2. The molecule has 3 aromatic carbocycles. The molecule has 0 bridgehead atoms. The van der Waals surface area contributed by atoms with Crippen LogP contribution in [0.25, 0.3) is 33.0 Å². The summed E-state index contributed by atoms with van der Waals surface area (Å²) in [5.74, 6) is -1.73. The predicted molar refractivity (Wildman–Crippen MR) is 165 cm³/mol. The molecule has 0 fully saturated rings. The van der Waals surface area contributed by atoms with Crippen molar-refractivity contribution < 1.29 is 37.0 Å². The van der Waals surface area contributed by atoms with E-state index in [1.807, 2.05) is 0 Å². The number of nitrogens with zero attached hydrogens (tertiary/aromatic N) is 2. The second-order valence-corrected chi connectivity index (χ2v) is 11.3. The van der Waals surface area contributed by atoms with E-state index in [1.54, 1.807) is 87.5 Å². The molecule has 0 unspecified atom stereocenters. The first-order chi connectivity index (χ1) is 21.2. The second-order valence-electron chi connectivity index (χ2n) is 9.49. The van der Waals surface area contributed by atoms with Crippen molar-refractivity contribution in [3.05, 3.63) is 102 Å². The van der Waals surface area contributed by atoms with Gasteiger partial charge in [-0.15, -0.1) is 0 Å². The van der Waals surface area contributed by atoms with Gasteiger partial charge in [-0.3, -0.25) is 4.57 Å². The van der Waals surface area contributed by atoms with E-state index >= 15 is 0 Å². The van der Waals surface area contributed by atoms with Crippen LogP contribution in [0.15, 0.2) is 96.2 Å². The van der Waals surface area contributed by atoms with Gasteiger partial charge >= 0.3 is 18.0 Å². The number of ether oxygens (including phenoxy) is 3. The molecule has 10 nitrogen and oxygen atoms in total. The lowest BCUT2D eigenvalue weighted by Crippen LogP contribution is -2.16. The van der Waals surface area contributed by atoms with Gasteiger partial charge < -0.3 is 14.2 Å². The topological polar surface area (TPSA) is 123 Å². The molecule has 2 heterocycles. The van der Waals surface area contributed by atoms with Crippen LogP contribution in [-0.2, 0) is 33.8 Å². The average molecular weight is 615 g/mol. The smallest absolute Gasteiger partial charge is 0.418 e. The third-order valence-electron chi connectivity index (χ3n) is 6.90. The highest BCUT2D eigenvalue weighted by molar-refractivity contribution is 7.90. The number of carbonyl (C=O) groups is 3. The number of aromatic nitrogens is 2. The Morgan fingerprint density at radius 2 is 1.09 bits per heavy atom. The fraction of sp³-hybridized carbons (Fsp3) is 0.182. The molecule has 0 aliphatic carbocycles. The van der Waals surface area contributed by atoms with Crippen LogP contribution in [0.4, 0.5) is 4.79 Å². The maximum Gasteiger partial charge on any atom is 0.418 e. The number of hydrogen-bond acceptors (Lipinski definition) is 8. The Kier molecular flexibility index (Phi) is 8.68. The monoisotopic (exact) mass is 614 g/mol. The Morgan fingerprint density at radius 3 is 1.66 bits per heavy atom. The molecule has 0 aliphatic rings. The predicted octanol–water partition coefficient (Wildman–Crippen LogP) is 5.87. The van der Waals surface area contributed by atoms with Crippen LogP contribution in [0.1, 0.15) is 31.9 Å². The highest BCUT2D eigenvalue weighted by Crippen LogP contribution is 2.38. The lowest BCUT2D eigenvalue weighted by molar-refractivity contribution is -0.138. The second kappa shape index (κ2) is 12.6. The first-order valence-corrected chi connectivity index (χ1v) is 15.5. The molecule has 0 amide bonds. The molecule has 11 heteroatoms. The zero-order valence-electron chi connectivity index (χ0n) is 24.4. The third-order valence-corrected chi connectivity index (χ3v) is 8.59. The van der Waals surface area contributed by atoms with Gasteiger partial charge in [-0.2, -0.15) is 0 Å². The van der Waals surface area contributed by atoms with E-state index < -0.39 is 28.1 Å². The van der Waals surface area contributed by atoms with Crippen LogP contribution in [0, 0.1) is 0 Å². The van der Waals surface area contributed by atoms with Gasteiger partial charge in [0.25, 0.3) is 10.0 Å². The standard InChI is InChI=1S/C33H30N2O8S/c1-4-41-31(36)29(25-20-34(33(38)43-6-3)27-18-12-10-16-23(25)27)30(32(37)42-5-2)26-21-35(28-19-13-11-17-24(26)28)44(39,40)22-14-8-7-9-15-22/h7-21H,4-6H2,1-3H3/b30-29+. The van der Waals surface area contributed by atoms with Crippen molar-refractivity contribution >= 4 is 61.0 Å². The molecule has 0 aliphatic heterocycles. The number of fused-ring (bicyclic) bond motifs is 2. The van der Waals surface area contributed by atoms with Crippen LogP contribution < -0.4 is 0 Å². The van der Waals surface area contributed by atoms with Crippen LogP contribution in [0.3, 0.4) is 0 Å². The number of benzene rings is 3. The Morgan fingerprint density at radius 1 is 0.614 bits per heavy atom. The number of carbonyl (C=O) groups excluding carboxylic acids is 3. The van der Waals surface area contributed by atoms with Gasteiger partial charge in [0.15, 0.2) is 0 Å². The Balaban J connectivity index is 1.91. The van der Waals surface area contributed by atoms with Crippen molar-refractivity contribution in [2.45, 2.75) is 25.7 Å². The van der Waals surface area contributed by atoms with E-state index in [-0.39, 0.29) is 52.5 Å². The van der Waals surface area contributed by atoms with Crippen molar-refractivity contribution in [1.82, 2.24) is 8.54 Å². The van der Waals surface area contributed by atoms with Gasteiger partial charge in [-0.05, 0) is 45.0 Å². The number of hydrogen-bond donors (Lipinski definition) is 0. The van der Waals surface area contributed by atoms with Crippen LogP contribution in [-0.4, -0.2) is 54.8 Å². The summed E-state index contributed by atoms with van der Waals surface area (Å²) in [6.45, 7) is 5.00. The largest absolute Gasteiger partial charge is 0.462 e. The summed E-state index contributed by atoms with van der Waals surface area (Å²) in [5.41, 5.74) is 0.651. The number of para-hydroxylation sites is 2. The molecule has 5 rings (SSSR count). The molecule has 0 saturated heterocycles. The van der Waals surface area contributed by atoms with E-state index in [1.165, 1.54) is 29.1 Å². The molecule has 0 spiro atoms. The molecule has 2 aromatic heterocycles. The average Bonchev–Trinajstić information content (AvgIpc) is 3.60. The summed E-state index contributed by atoms with van der Waals surface area (Å²) >= 11 is 0. The Hall–Kier alpha value is -5.16. The minimum Gasteiger partial charge on any atom is -0.462 e. The van der Waals surface area contributed by atoms with Gasteiger partial charge in [0.2, 0.25) is 0 Å². The van der Waals surface area contributed by atoms with Gasteiger partial charge in [-0.25, -0.2) is 26.8 Å². The fourth-order valence-electron chi connectivity index (χ4n) is 5.08. The molecule has 0 radical (unpaired) electrons. The maximum absolute atomic E-state index is 13.9. The quantitative estimate of drug-likeness (QED) is 0.115. The summed E-state index contributed by atoms with van der Waals surface area (Å²) in [6.07, 6.45) is 2.04. The van der Waals surface area contributed by atoms with Gasteiger partial charge in [0, 0.05) is 34.3 Å². The van der Waals surface area contributed by atoms with E-state index in [2.05, 4.69) is 0 Å². The Labute approximate surface area is 254 Å². The highest BCUT2D eigenvalue weighted by atomic mass is 32.2.